The third-order valence-electron chi connectivity index (χ3n) is 7.10. The highest BCUT2D eigenvalue weighted by molar-refractivity contribution is 6.74. The van der Waals surface area contributed by atoms with E-state index in [1.807, 2.05) is 35.2 Å². The van der Waals surface area contributed by atoms with Gasteiger partial charge < -0.3 is 14.8 Å². The van der Waals surface area contributed by atoms with Gasteiger partial charge in [0.2, 0.25) is 14.2 Å². The summed E-state index contributed by atoms with van der Waals surface area (Å²) in [5, 5.41) is 13.7. The van der Waals surface area contributed by atoms with Crippen LogP contribution in [0.3, 0.4) is 0 Å². The molecule has 0 radical (unpaired) electrons. The molecule has 5 nitrogen and oxygen atoms in total. The predicted molar refractivity (Wildman–Crippen MR) is 138 cm³/mol. The second-order valence-electron chi connectivity index (χ2n) is 10.8. The second-order valence-corrected chi connectivity index (χ2v) is 15.5. The van der Waals surface area contributed by atoms with Gasteiger partial charge in [-0.1, -0.05) is 51.1 Å². The van der Waals surface area contributed by atoms with Gasteiger partial charge in [-0.05, 0) is 73.1 Å². The first-order valence-electron chi connectivity index (χ1n) is 12.1. The molecule has 0 aromatic heterocycles. The molecule has 1 heterocycles. The van der Waals surface area contributed by atoms with Gasteiger partial charge in [-0.2, -0.15) is 0 Å². The number of nitrogens with one attached hydrogen (secondary N) is 1. The van der Waals surface area contributed by atoms with Crippen LogP contribution in [0.1, 0.15) is 45.6 Å². The molecular formula is C27H40N2O3Si. The first kappa shape index (κ1) is 25.5. The first-order valence-corrected chi connectivity index (χ1v) is 15.0. The normalized spacial score (nSPS) is 19.8. The molecule has 180 valence electrons. The van der Waals surface area contributed by atoms with E-state index in [4.69, 9.17) is 4.43 Å². The number of hydrogen-bond acceptors (Lipinski definition) is 4. The third kappa shape index (κ3) is 7.42. The van der Waals surface area contributed by atoms with E-state index in [1.54, 1.807) is 0 Å². The minimum Gasteiger partial charge on any atom is -0.544 e. The molecule has 2 N–H and O–H groups in total. The van der Waals surface area contributed by atoms with E-state index < -0.39 is 14.5 Å². The van der Waals surface area contributed by atoms with Crippen LogP contribution in [0.4, 0.5) is 5.69 Å². The molecular weight excluding hydrogens is 428 g/mol. The Morgan fingerprint density at radius 3 is 2.39 bits per heavy atom. The van der Waals surface area contributed by atoms with Crippen molar-refractivity contribution in [3.05, 3.63) is 60.2 Å². The molecule has 0 bridgehead atoms. The van der Waals surface area contributed by atoms with Crippen molar-refractivity contribution in [3.63, 3.8) is 0 Å². The van der Waals surface area contributed by atoms with Crippen molar-refractivity contribution in [1.82, 2.24) is 4.90 Å². The van der Waals surface area contributed by atoms with Gasteiger partial charge in [-0.25, -0.2) is 0 Å². The Kier molecular flexibility index (Phi) is 8.37. The number of aliphatic hydroxyl groups is 1. The number of aliphatic hydroxyl groups excluding tert-OH is 1. The molecule has 0 saturated carbocycles. The van der Waals surface area contributed by atoms with Crippen molar-refractivity contribution < 1.29 is 14.3 Å². The molecule has 3 rings (SSSR count). The van der Waals surface area contributed by atoms with Crippen LogP contribution in [0.15, 0.2) is 54.6 Å². The van der Waals surface area contributed by atoms with Gasteiger partial charge in [0.1, 0.15) is 12.0 Å². The molecule has 2 atom stereocenters. The van der Waals surface area contributed by atoms with Gasteiger partial charge >= 0.3 is 0 Å². The lowest BCUT2D eigenvalue weighted by Crippen LogP contribution is -2.44. The number of carbonyl (C=O) groups is 1. The SMILES string of the molecule is CC(C)(C)[Si](C)(C)Oc1ccc(NC(=O)CCN2CCC(Cc3ccccc3)CC2O)cc1. The molecule has 0 aliphatic carbocycles. The van der Waals surface area contributed by atoms with Gasteiger partial charge in [0.25, 0.3) is 0 Å². The molecule has 33 heavy (non-hydrogen) atoms. The number of nitrogens with zero attached hydrogens (tertiary/aromatic N) is 1. The molecule has 1 aliphatic rings. The third-order valence-corrected chi connectivity index (χ3v) is 11.5. The number of benzene rings is 2. The van der Waals surface area contributed by atoms with Crippen molar-refractivity contribution in [2.24, 2.45) is 5.92 Å². The van der Waals surface area contributed by atoms with Crippen LogP contribution >= 0.6 is 0 Å². The highest BCUT2D eigenvalue weighted by Gasteiger charge is 2.38. The average Bonchev–Trinajstić information content (AvgIpc) is 2.74. The van der Waals surface area contributed by atoms with E-state index in [9.17, 15) is 9.90 Å². The van der Waals surface area contributed by atoms with Crippen molar-refractivity contribution in [2.75, 3.05) is 18.4 Å². The lowest BCUT2D eigenvalue weighted by molar-refractivity contribution is -0.117. The summed E-state index contributed by atoms with van der Waals surface area (Å²) >= 11 is 0. The minimum absolute atomic E-state index is 0.0355. The van der Waals surface area contributed by atoms with E-state index in [0.29, 0.717) is 18.9 Å². The van der Waals surface area contributed by atoms with E-state index in [1.165, 1.54) is 5.56 Å². The number of piperidine rings is 1. The summed E-state index contributed by atoms with van der Waals surface area (Å²) in [4.78, 5) is 14.5. The highest BCUT2D eigenvalue weighted by atomic mass is 28.4. The topological polar surface area (TPSA) is 61.8 Å². The summed E-state index contributed by atoms with van der Waals surface area (Å²) in [6.07, 6.45) is 2.69. The minimum atomic E-state index is -1.88. The number of rotatable bonds is 8. The van der Waals surface area contributed by atoms with E-state index in [-0.39, 0.29) is 10.9 Å². The molecule has 0 spiro atoms. The Bertz CT molecular complexity index is 894. The fourth-order valence-electron chi connectivity index (χ4n) is 3.98. The van der Waals surface area contributed by atoms with Gasteiger partial charge in [-0.15, -0.1) is 0 Å². The summed E-state index contributed by atoms with van der Waals surface area (Å²) in [5.41, 5.74) is 2.09. The Morgan fingerprint density at radius 1 is 1.12 bits per heavy atom. The van der Waals surface area contributed by atoms with E-state index >= 15 is 0 Å². The summed E-state index contributed by atoms with van der Waals surface area (Å²) in [5.74, 6) is 1.30. The summed E-state index contributed by atoms with van der Waals surface area (Å²) in [6.45, 7) is 12.5. The van der Waals surface area contributed by atoms with Gasteiger partial charge in [0.15, 0.2) is 0 Å². The van der Waals surface area contributed by atoms with Crippen molar-refractivity contribution in [1.29, 1.82) is 0 Å². The van der Waals surface area contributed by atoms with Crippen LogP contribution in [0.2, 0.25) is 18.1 Å². The summed E-state index contributed by atoms with van der Waals surface area (Å²) < 4.78 is 6.30. The Labute approximate surface area is 200 Å². The fourth-order valence-corrected chi connectivity index (χ4v) is 5.01. The fraction of sp³-hybridized carbons (Fsp3) is 0.519. The molecule has 2 unspecified atom stereocenters. The first-order chi connectivity index (χ1) is 15.5. The van der Waals surface area contributed by atoms with Crippen LogP contribution in [0.5, 0.6) is 5.75 Å². The predicted octanol–water partition coefficient (Wildman–Crippen LogP) is 5.67. The number of carbonyl (C=O) groups excluding carboxylic acids is 1. The number of hydrogen-bond donors (Lipinski definition) is 2. The number of anilines is 1. The summed E-state index contributed by atoms with van der Waals surface area (Å²) in [6, 6.07) is 18.1. The standard InChI is InChI=1S/C27H40N2O3Si/c1-27(2,3)33(4,5)32-24-13-11-23(12-14-24)28-25(30)16-18-29-17-15-22(20-26(29)31)19-21-9-7-6-8-10-21/h6-14,22,26,31H,15-20H2,1-5H3,(H,28,30). The van der Waals surface area contributed by atoms with Crippen molar-refractivity contribution in [2.45, 2.75) is 70.8 Å². The monoisotopic (exact) mass is 468 g/mol. The van der Waals surface area contributed by atoms with Gasteiger partial charge in [-0.3, -0.25) is 9.69 Å². The molecule has 1 amide bonds. The molecule has 2 aromatic carbocycles. The second kappa shape index (κ2) is 10.8. The van der Waals surface area contributed by atoms with Crippen LogP contribution < -0.4 is 9.74 Å². The van der Waals surface area contributed by atoms with Gasteiger partial charge in [0.05, 0.1) is 0 Å². The molecule has 1 fully saturated rings. The molecule has 1 saturated heterocycles. The Balaban J connectivity index is 1.42. The maximum Gasteiger partial charge on any atom is 0.250 e. The zero-order chi connectivity index (χ0) is 24.1. The average molecular weight is 469 g/mol. The van der Waals surface area contributed by atoms with E-state index in [0.717, 1.165) is 37.2 Å². The van der Waals surface area contributed by atoms with Crippen molar-refractivity contribution in [3.8, 4) is 5.75 Å². The maximum atomic E-state index is 12.5. The van der Waals surface area contributed by atoms with E-state index in [2.05, 4.69) is 63.4 Å². The van der Waals surface area contributed by atoms with Crippen LogP contribution in [0.25, 0.3) is 0 Å². The number of amides is 1. The van der Waals surface area contributed by atoms with Crippen molar-refractivity contribution >= 4 is 19.9 Å². The number of likely N-dealkylation sites (tertiary alicyclic amines) is 1. The van der Waals surface area contributed by atoms with Crippen LogP contribution in [0, 0.1) is 5.92 Å². The molecule has 1 aliphatic heterocycles. The Morgan fingerprint density at radius 2 is 1.79 bits per heavy atom. The van der Waals surface area contributed by atoms with Crippen LogP contribution in [-0.4, -0.2) is 43.5 Å². The maximum absolute atomic E-state index is 12.5. The summed E-state index contributed by atoms with van der Waals surface area (Å²) in [7, 11) is -1.88. The van der Waals surface area contributed by atoms with Crippen LogP contribution in [-0.2, 0) is 11.2 Å². The van der Waals surface area contributed by atoms with Gasteiger partial charge in [0, 0.05) is 25.2 Å². The smallest absolute Gasteiger partial charge is 0.250 e. The Hall–Kier alpha value is -2.15. The zero-order valence-electron chi connectivity index (χ0n) is 20.8. The highest BCUT2D eigenvalue weighted by Crippen LogP contribution is 2.37. The largest absolute Gasteiger partial charge is 0.544 e. The lowest BCUT2D eigenvalue weighted by atomic mass is 9.89. The lowest BCUT2D eigenvalue weighted by Gasteiger charge is -2.36. The molecule has 2 aromatic rings. The molecule has 6 heteroatoms. The zero-order valence-corrected chi connectivity index (χ0v) is 21.8. The quantitative estimate of drug-likeness (QED) is 0.490.